The van der Waals surface area contributed by atoms with Crippen LogP contribution in [0.3, 0.4) is 0 Å². The van der Waals surface area contributed by atoms with Crippen molar-refractivity contribution in [2.45, 2.75) is 46.3 Å². The van der Waals surface area contributed by atoms with Crippen LogP contribution < -0.4 is 5.32 Å². The highest BCUT2D eigenvalue weighted by Crippen LogP contribution is 2.17. The average Bonchev–Trinajstić information content (AvgIpc) is 2.15. The van der Waals surface area contributed by atoms with E-state index in [0.717, 1.165) is 19.6 Å². The van der Waals surface area contributed by atoms with Crippen LogP contribution in [0, 0.1) is 5.92 Å². The zero-order chi connectivity index (χ0) is 12.3. The maximum Gasteiger partial charge on any atom is 0.410 e. The summed E-state index contributed by atoms with van der Waals surface area (Å²) in [5.41, 5.74) is -0.413. The molecule has 0 aromatic heterocycles. The average molecular weight is 265 g/mol. The summed E-state index contributed by atoms with van der Waals surface area (Å²) >= 11 is 0. The van der Waals surface area contributed by atoms with Crippen LogP contribution in [-0.2, 0) is 4.74 Å². The number of amides is 1. The molecule has 1 N–H and O–H groups in total. The molecule has 0 aromatic carbocycles. The predicted molar refractivity (Wildman–Crippen MR) is 71.7 cm³/mol. The Morgan fingerprint density at radius 1 is 1.41 bits per heavy atom. The van der Waals surface area contributed by atoms with Crippen LogP contribution in [0.1, 0.15) is 34.6 Å². The first-order valence-electron chi connectivity index (χ1n) is 6.01. The van der Waals surface area contributed by atoms with Crippen molar-refractivity contribution in [2.24, 2.45) is 5.92 Å². The summed E-state index contributed by atoms with van der Waals surface area (Å²) in [5, 5.41) is 3.31. The molecule has 5 heteroatoms. The van der Waals surface area contributed by atoms with Crippen LogP contribution in [0.5, 0.6) is 0 Å². The summed E-state index contributed by atoms with van der Waals surface area (Å²) in [5.74, 6) is 0.445. The number of ether oxygens (including phenoxy) is 1. The number of nitrogens with zero attached hydrogens (tertiary/aromatic N) is 1. The molecule has 1 amide bonds. The normalized spacial score (nSPS) is 21.1. The SMILES string of the molecule is CC(C)[C@@H]1CNCCN1C(=O)OC(C)(C)C.Cl. The van der Waals surface area contributed by atoms with Crippen LogP contribution in [0.4, 0.5) is 4.79 Å². The van der Waals surface area contributed by atoms with Crippen LogP contribution in [0.15, 0.2) is 0 Å². The fraction of sp³-hybridized carbons (Fsp3) is 0.917. The van der Waals surface area contributed by atoms with Crippen molar-refractivity contribution in [1.29, 1.82) is 0 Å². The molecule has 1 fully saturated rings. The molecule has 1 atom stereocenters. The van der Waals surface area contributed by atoms with Crippen molar-refractivity contribution in [3.63, 3.8) is 0 Å². The van der Waals surface area contributed by atoms with Gasteiger partial charge in [0.05, 0.1) is 0 Å². The van der Waals surface area contributed by atoms with Gasteiger partial charge in [0.25, 0.3) is 0 Å². The van der Waals surface area contributed by atoms with Gasteiger partial charge in [0.15, 0.2) is 0 Å². The quantitative estimate of drug-likeness (QED) is 0.790. The molecule has 1 saturated heterocycles. The Bertz CT molecular complexity index is 251. The van der Waals surface area contributed by atoms with E-state index < -0.39 is 5.60 Å². The number of rotatable bonds is 1. The highest BCUT2D eigenvalue weighted by Gasteiger charge is 2.31. The first-order valence-corrected chi connectivity index (χ1v) is 6.01. The Balaban J connectivity index is 0.00000256. The summed E-state index contributed by atoms with van der Waals surface area (Å²) in [4.78, 5) is 13.9. The van der Waals surface area contributed by atoms with E-state index in [9.17, 15) is 4.79 Å². The topological polar surface area (TPSA) is 41.6 Å². The molecule has 0 aliphatic carbocycles. The number of piperazine rings is 1. The van der Waals surface area contributed by atoms with E-state index in [2.05, 4.69) is 19.2 Å². The number of carbonyl (C=O) groups is 1. The largest absolute Gasteiger partial charge is 0.444 e. The number of carbonyl (C=O) groups excluding carboxylic acids is 1. The minimum Gasteiger partial charge on any atom is -0.444 e. The van der Waals surface area contributed by atoms with Crippen molar-refractivity contribution >= 4 is 18.5 Å². The van der Waals surface area contributed by atoms with Gasteiger partial charge in [-0.05, 0) is 26.7 Å². The molecule has 1 rings (SSSR count). The first kappa shape index (κ1) is 16.5. The molecule has 0 aromatic rings. The van der Waals surface area contributed by atoms with Crippen molar-refractivity contribution in [3.05, 3.63) is 0 Å². The summed E-state index contributed by atoms with van der Waals surface area (Å²) in [6.07, 6.45) is -0.187. The number of halogens is 1. The van der Waals surface area contributed by atoms with Crippen molar-refractivity contribution in [1.82, 2.24) is 10.2 Å². The third-order valence-electron chi connectivity index (χ3n) is 2.68. The monoisotopic (exact) mass is 264 g/mol. The van der Waals surface area contributed by atoms with E-state index in [1.165, 1.54) is 0 Å². The molecule has 0 bridgehead atoms. The Kier molecular flexibility index (Phi) is 6.27. The third kappa shape index (κ3) is 5.13. The fourth-order valence-electron chi connectivity index (χ4n) is 1.87. The molecule has 102 valence electrons. The Morgan fingerprint density at radius 3 is 2.47 bits per heavy atom. The van der Waals surface area contributed by atoms with E-state index in [1.54, 1.807) is 0 Å². The summed E-state index contributed by atoms with van der Waals surface area (Å²) in [6.45, 7) is 12.4. The van der Waals surface area contributed by atoms with E-state index in [-0.39, 0.29) is 24.5 Å². The Morgan fingerprint density at radius 2 is 2.00 bits per heavy atom. The highest BCUT2D eigenvalue weighted by atomic mass is 35.5. The van der Waals surface area contributed by atoms with Gasteiger partial charge in [-0.1, -0.05) is 13.8 Å². The standard InChI is InChI=1S/C12H24N2O2.ClH/c1-9(2)10-8-13-6-7-14(10)11(15)16-12(3,4)5;/h9-10,13H,6-8H2,1-5H3;1H/t10-;/m0./s1. The molecule has 1 aliphatic rings. The lowest BCUT2D eigenvalue weighted by Crippen LogP contribution is -2.56. The lowest BCUT2D eigenvalue weighted by atomic mass is 10.0. The van der Waals surface area contributed by atoms with Crippen molar-refractivity contribution in [3.8, 4) is 0 Å². The zero-order valence-electron chi connectivity index (χ0n) is 11.4. The minimum absolute atomic E-state index is 0. The third-order valence-corrected chi connectivity index (χ3v) is 2.68. The smallest absolute Gasteiger partial charge is 0.410 e. The van der Waals surface area contributed by atoms with Gasteiger partial charge in [0.2, 0.25) is 0 Å². The molecule has 0 saturated carbocycles. The van der Waals surface area contributed by atoms with E-state index >= 15 is 0 Å². The van der Waals surface area contributed by atoms with Gasteiger partial charge in [-0.25, -0.2) is 4.79 Å². The second-order valence-electron chi connectivity index (χ2n) is 5.69. The van der Waals surface area contributed by atoms with Gasteiger partial charge in [-0.15, -0.1) is 12.4 Å². The zero-order valence-corrected chi connectivity index (χ0v) is 12.3. The number of hydrogen-bond acceptors (Lipinski definition) is 3. The number of nitrogens with one attached hydrogen (secondary N) is 1. The van der Waals surface area contributed by atoms with Crippen LogP contribution in [0.2, 0.25) is 0 Å². The fourth-order valence-corrected chi connectivity index (χ4v) is 1.87. The molecule has 0 radical (unpaired) electrons. The molecular weight excluding hydrogens is 240 g/mol. The highest BCUT2D eigenvalue weighted by molar-refractivity contribution is 5.85. The molecule has 1 heterocycles. The maximum atomic E-state index is 12.0. The summed E-state index contributed by atoms with van der Waals surface area (Å²) in [7, 11) is 0. The van der Waals surface area contributed by atoms with Crippen molar-refractivity contribution in [2.75, 3.05) is 19.6 Å². The van der Waals surface area contributed by atoms with Gasteiger partial charge in [-0.3, -0.25) is 0 Å². The van der Waals surface area contributed by atoms with Gasteiger partial charge >= 0.3 is 6.09 Å². The molecule has 17 heavy (non-hydrogen) atoms. The van der Waals surface area contributed by atoms with Gasteiger partial charge in [-0.2, -0.15) is 0 Å². The van der Waals surface area contributed by atoms with Crippen LogP contribution in [0.25, 0.3) is 0 Å². The van der Waals surface area contributed by atoms with Crippen LogP contribution in [-0.4, -0.2) is 42.3 Å². The maximum absolute atomic E-state index is 12.0. The van der Waals surface area contributed by atoms with Crippen LogP contribution >= 0.6 is 12.4 Å². The number of hydrogen-bond donors (Lipinski definition) is 1. The molecule has 0 unspecified atom stereocenters. The first-order chi connectivity index (χ1) is 7.31. The van der Waals surface area contributed by atoms with Crippen molar-refractivity contribution < 1.29 is 9.53 Å². The second kappa shape index (κ2) is 6.45. The second-order valence-corrected chi connectivity index (χ2v) is 5.69. The molecule has 1 aliphatic heterocycles. The predicted octanol–water partition coefficient (Wildman–Crippen LogP) is 2.27. The lowest BCUT2D eigenvalue weighted by molar-refractivity contribution is 0.00652. The van der Waals surface area contributed by atoms with Gasteiger partial charge < -0.3 is 15.0 Å². The lowest BCUT2D eigenvalue weighted by Gasteiger charge is -2.39. The minimum atomic E-state index is -0.413. The van der Waals surface area contributed by atoms with Gasteiger partial charge in [0.1, 0.15) is 5.60 Å². The van der Waals surface area contributed by atoms with E-state index in [1.807, 2.05) is 25.7 Å². The molecule has 4 nitrogen and oxygen atoms in total. The Hall–Kier alpha value is -0.480. The van der Waals surface area contributed by atoms with E-state index in [4.69, 9.17) is 4.74 Å². The van der Waals surface area contributed by atoms with Gasteiger partial charge in [0, 0.05) is 25.7 Å². The molecular formula is C12H25ClN2O2. The summed E-state index contributed by atoms with van der Waals surface area (Å²) in [6, 6.07) is 0.239. The molecule has 0 spiro atoms. The summed E-state index contributed by atoms with van der Waals surface area (Å²) < 4.78 is 5.42. The van der Waals surface area contributed by atoms with E-state index in [0.29, 0.717) is 5.92 Å². The Labute approximate surface area is 110 Å².